The summed E-state index contributed by atoms with van der Waals surface area (Å²) in [7, 11) is 1.53. The van der Waals surface area contributed by atoms with Crippen molar-refractivity contribution in [3.05, 3.63) is 0 Å². The van der Waals surface area contributed by atoms with Gasteiger partial charge >= 0.3 is 5.97 Å². The van der Waals surface area contributed by atoms with Crippen molar-refractivity contribution in [3.63, 3.8) is 0 Å². The number of hydrogen-bond donors (Lipinski definition) is 1. The molecule has 0 heterocycles. The molecule has 0 aromatic carbocycles. The smallest absolute Gasteiger partial charge is 0.326 e. The lowest BCUT2D eigenvalue weighted by molar-refractivity contribution is -0.151. The molecule has 3 nitrogen and oxygen atoms in total. The molecule has 2 saturated carbocycles. The summed E-state index contributed by atoms with van der Waals surface area (Å²) in [5.41, 5.74) is -0.401. The molecule has 1 N–H and O–H groups in total. The molecule has 0 aromatic heterocycles. The van der Waals surface area contributed by atoms with Gasteiger partial charge in [-0.3, -0.25) is 10.1 Å². The Morgan fingerprint density at radius 2 is 1.79 bits per heavy atom. The van der Waals surface area contributed by atoms with Crippen molar-refractivity contribution in [2.45, 2.75) is 82.7 Å². The van der Waals surface area contributed by atoms with Gasteiger partial charge in [-0.2, -0.15) is 0 Å². The molecule has 2 aliphatic carbocycles. The summed E-state index contributed by atoms with van der Waals surface area (Å²) in [4.78, 5) is 12.3. The van der Waals surface area contributed by atoms with Gasteiger partial charge in [-0.05, 0) is 31.6 Å². The van der Waals surface area contributed by atoms with Gasteiger partial charge < -0.3 is 4.74 Å². The average Bonchev–Trinajstić information content (AvgIpc) is 2.66. The van der Waals surface area contributed by atoms with Crippen LogP contribution in [0.25, 0.3) is 0 Å². The van der Waals surface area contributed by atoms with Crippen LogP contribution in [0.1, 0.15) is 71.1 Å². The van der Waals surface area contributed by atoms with Crippen molar-refractivity contribution in [1.29, 1.82) is 0 Å². The Morgan fingerprint density at radius 1 is 1.11 bits per heavy atom. The second-order valence-electron chi connectivity index (χ2n) is 6.61. The standard InChI is InChI=1S/C16H29NO2/c1-13-8-7-11-16(12-13,15(18)19-2)17-14-9-5-3-4-6-10-14/h13-14,17H,3-12H2,1-2H3. The average molecular weight is 267 g/mol. The van der Waals surface area contributed by atoms with Crippen LogP contribution in [0.2, 0.25) is 0 Å². The quantitative estimate of drug-likeness (QED) is 0.629. The molecule has 2 aliphatic rings. The molecule has 0 aliphatic heterocycles. The molecule has 110 valence electrons. The van der Waals surface area contributed by atoms with Crippen LogP contribution in [0.3, 0.4) is 0 Å². The predicted molar refractivity (Wildman–Crippen MR) is 77.0 cm³/mol. The molecule has 2 fully saturated rings. The molecule has 3 heteroatoms. The molecule has 0 radical (unpaired) electrons. The van der Waals surface area contributed by atoms with Gasteiger partial charge in [0.1, 0.15) is 5.54 Å². The number of esters is 1. The van der Waals surface area contributed by atoms with E-state index in [0.717, 1.165) is 19.3 Å². The van der Waals surface area contributed by atoms with E-state index < -0.39 is 5.54 Å². The molecule has 0 spiro atoms. The lowest BCUT2D eigenvalue weighted by atomic mass is 9.75. The van der Waals surface area contributed by atoms with Crippen molar-refractivity contribution < 1.29 is 9.53 Å². The van der Waals surface area contributed by atoms with Crippen LogP contribution >= 0.6 is 0 Å². The Kier molecular flexibility index (Phi) is 5.26. The number of methoxy groups -OCH3 is 1. The van der Waals surface area contributed by atoms with E-state index in [4.69, 9.17) is 4.74 Å². The van der Waals surface area contributed by atoms with Crippen LogP contribution in [-0.4, -0.2) is 24.7 Å². The lowest BCUT2D eigenvalue weighted by Crippen LogP contribution is -2.58. The van der Waals surface area contributed by atoms with Gasteiger partial charge in [-0.1, -0.05) is 45.4 Å². The number of nitrogens with one attached hydrogen (secondary N) is 1. The summed E-state index contributed by atoms with van der Waals surface area (Å²) >= 11 is 0. The summed E-state index contributed by atoms with van der Waals surface area (Å²) in [6, 6.07) is 0.506. The van der Waals surface area contributed by atoms with Crippen LogP contribution in [-0.2, 0) is 9.53 Å². The first-order valence-electron chi connectivity index (χ1n) is 8.02. The van der Waals surface area contributed by atoms with Gasteiger partial charge in [-0.15, -0.1) is 0 Å². The van der Waals surface area contributed by atoms with Crippen molar-refractivity contribution in [2.75, 3.05) is 7.11 Å². The van der Waals surface area contributed by atoms with E-state index in [1.54, 1.807) is 0 Å². The largest absolute Gasteiger partial charge is 0.468 e. The molecule has 2 atom stereocenters. The fraction of sp³-hybridized carbons (Fsp3) is 0.938. The van der Waals surface area contributed by atoms with E-state index in [2.05, 4.69) is 12.2 Å². The molecule has 19 heavy (non-hydrogen) atoms. The third kappa shape index (κ3) is 3.71. The maximum Gasteiger partial charge on any atom is 0.326 e. The van der Waals surface area contributed by atoms with Gasteiger partial charge in [-0.25, -0.2) is 0 Å². The van der Waals surface area contributed by atoms with E-state index >= 15 is 0 Å². The lowest BCUT2D eigenvalue weighted by Gasteiger charge is -2.40. The zero-order chi connectivity index (χ0) is 13.7. The molecule has 2 unspecified atom stereocenters. The Balaban J connectivity index is 2.06. The van der Waals surface area contributed by atoms with Gasteiger partial charge in [0.25, 0.3) is 0 Å². The van der Waals surface area contributed by atoms with Gasteiger partial charge in [0, 0.05) is 6.04 Å². The Bertz CT molecular complexity index is 297. The molecule has 0 bridgehead atoms. The Labute approximate surface area is 117 Å². The zero-order valence-corrected chi connectivity index (χ0v) is 12.5. The topological polar surface area (TPSA) is 38.3 Å². The van der Waals surface area contributed by atoms with Crippen LogP contribution in [0.15, 0.2) is 0 Å². The van der Waals surface area contributed by atoms with Crippen molar-refractivity contribution >= 4 is 5.97 Å². The van der Waals surface area contributed by atoms with Gasteiger partial charge in [0.2, 0.25) is 0 Å². The molecular formula is C16H29NO2. The predicted octanol–water partition coefficient (Wildman–Crippen LogP) is 3.42. The Hall–Kier alpha value is -0.570. The summed E-state index contributed by atoms with van der Waals surface area (Å²) in [5.74, 6) is 0.578. The van der Waals surface area contributed by atoms with E-state index in [0.29, 0.717) is 12.0 Å². The second-order valence-corrected chi connectivity index (χ2v) is 6.61. The van der Waals surface area contributed by atoms with Crippen LogP contribution in [0.5, 0.6) is 0 Å². The maximum atomic E-state index is 12.3. The fourth-order valence-corrected chi connectivity index (χ4v) is 3.94. The third-order valence-corrected chi connectivity index (χ3v) is 4.91. The first-order valence-corrected chi connectivity index (χ1v) is 8.02. The number of carbonyl (C=O) groups excluding carboxylic acids is 1. The maximum absolute atomic E-state index is 12.3. The van der Waals surface area contributed by atoms with Crippen molar-refractivity contribution in [1.82, 2.24) is 5.32 Å². The number of carbonyl (C=O) groups is 1. The molecule has 0 amide bonds. The minimum Gasteiger partial charge on any atom is -0.468 e. The Morgan fingerprint density at radius 3 is 2.37 bits per heavy atom. The number of rotatable bonds is 3. The summed E-state index contributed by atoms with van der Waals surface area (Å²) in [6.45, 7) is 2.26. The minimum absolute atomic E-state index is 0.0386. The van der Waals surface area contributed by atoms with E-state index in [1.807, 2.05) is 0 Å². The first kappa shape index (κ1) is 14.8. The fourth-order valence-electron chi connectivity index (χ4n) is 3.94. The summed E-state index contributed by atoms with van der Waals surface area (Å²) < 4.78 is 5.11. The monoisotopic (exact) mass is 267 g/mol. The van der Waals surface area contributed by atoms with Crippen LogP contribution < -0.4 is 5.32 Å². The molecule has 0 saturated heterocycles. The van der Waals surface area contributed by atoms with Gasteiger partial charge in [0.15, 0.2) is 0 Å². The highest BCUT2D eigenvalue weighted by Crippen LogP contribution is 2.34. The number of ether oxygens (including phenoxy) is 1. The van der Waals surface area contributed by atoms with Crippen molar-refractivity contribution in [3.8, 4) is 0 Å². The van der Waals surface area contributed by atoms with Crippen LogP contribution in [0, 0.1) is 5.92 Å². The normalized spacial score (nSPS) is 33.7. The van der Waals surface area contributed by atoms with E-state index in [9.17, 15) is 4.79 Å². The molecular weight excluding hydrogens is 238 g/mol. The number of hydrogen-bond acceptors (Lipinski definition) is 3. The van der Waals surface area contributed by atoms with E-state index in [-0.39, 0.29) is 5.97 Å². The summed E-state index contributed by atoms with van der Waals surface area (Å²) in [6.07, 6.45) is 12.0. The highest BCUT2D eigenvalue weighted by molar-refractivity contribution is 5.81. The minimum atomic E-state index is -0.401. The summed E-state index contributed by atoms with van der Waals surface area (Å²) in [5, 5.41) is 3.72. The van der Waals surface area contributed by atoms with Crippen molar-refractivity contribution in [2.24, 2.45) is 5.92 Å². The van der Waals surface area contributed by atoms with E-state index in [1.165, 1.54) is 52.1 Å². The second kappa shape index (κ2) is 6.74. The highest BCUT2D eigenvalue weighted by Gasteiger charge is 2.43. The molecule has 0 aromatic rings. The van der Waals surface area contributed by atoms with Gasteiger partial charge in [0.05, 0.1) is 7.11 Å². The highest BCUT2D eigenvalue weighted by atomic mass is 16.5. The third-order valence-electron chi connectivity index (χ3n) is 4.91. The first-order chi connectivity index (χ1) is 9.16. The SMILES string of the molecule is COC(=O)C1(NC2CCCCCC2)CCCC(C)C1. The van der Waals surface area contributed by atoms with Crippen LogP contribution in [0.4, 0.5) is 0 Å². The molecule has 2 rings (SSSR count). The zero-order valence-electron chi connectivity index (χ0n) is 12.5.